The van der Waals surface area contributed by atoms with Gasteiger partial charge >= 0.3 is 6.03 Å². The van der Waals surface area contributed by atoms with Gasteiger partial charge in [0.1, 0.15) is 0 Å². The molecule has 0 unspecified atom stereocenters. The summed E-state index contributed by atoms with van der Waals surface area (Å²) in [6.45, 7) is 34.9. The third kappa shape index (κ3) is 37.2. The molecule has 0 radical (unpaired) electrons. The molecule has 11 nitrogen and oxygen atoms in total. The minimum atomic E-state index is -0.239. The van der Waals surface area contributed by atoms with E-state index in [4.69, 9.17) is 0 Å². The summed E-state index contributed by atoms with van der Waals surface area (Å²) < 4.78 is 0. The maximum absolute atomic E-state index is 12.1. The predicted octanol–water partition coefficient (Wildman–Crippen LogP) is 19.2. The first-order valence-electron chi connectivity index (χ1n) is 28.3. The van der Waals surface area contributed by atoms with E-state index in [2.05, 4.69) is 31.9 Å². The van der Waals surface area contributed by atoms with Crippen LogP contribution in [0.4, 0.5) is 27.5 Å². The number of rotatable bonds is 6. The Labute approximate surface area is 483 Å². The molecule has 0 spiro atoms. The van der Waals surface area contributed by atoms with E-state index in [0.717, 1.165) is 44.3 Å². The summed E-state index contributed by atoms with van der Waals surface area (Å²) in [7, 11) is 3.20. The lowest BCUT2D eigenvalue weighted by molar-refractivity contribution is -0.119. The highest BCUT2D eigenvalue weighted by atomic mass is 16.2. The Hall–Kier alpha value is -8.57. The number of anilines is 4. The Morgan fingerprint density at radius 3 is 0.762 bits per heavy atom. The highest BCUT2D eigenvalue weighted by Gasteiger charge is 2.09. The number of urea groups is 1. The monoisotopic (exact) mass is 1090 g/mol. The van der Waals surface area contributed by atoms with E-state index in [1.165, 1.54) is 13.8 Å². The third-order valence-electron chi connectivity index (χ3n) is 8.92. The number of para-hydroxylation sites is 2. The van der Waals surface area contributed by atoms with E-state index < -0.39 is 0 Å². The van der Waals surface area contributed by atoms with Crippen LogP contribution in [-0.4, -0.2) is 43.8 Å². The maximum atomic E-state index is 12.1. The van der Waals surface area contributed by atoms with Gasteiger partial charge in [-0.2, -0.15) is 0 Å². The summed E-state index contributed by atoms with van der Waals surface area (Å²) in [5.41, 5.74) is 4.55. The molecule has 8 rings (SSSR count). The van der Waals surface area contributed by atoms with Crippen molar-refractivity contribution < 1.29 is 24.0 Å². The summed E-state index contributed by atoms with van der Waals surface area (Å²) in [5.74, 6) is -0.163. The molecule has 6 amide bonds. The van der Waals surface area contributed by atoms with Gasteiger partial charge in [0, 0.05) is 72.6 Å². The number of hydrogen-bond donors (Lipinski definition) is 6. The molecule has 0 aliphatic rings. The minimum absolute atomic E-state index is 0.00463. The molecule has 0 saturated heterocycles. The quantitative estimate of drug-likeness (QED) is 0.0977. The SMILES string of the molecule is CC.CC.CC.CC.CC.CC.CC.CC.CNC(C)=O.CNC(C)=O.O=C(Nc1cccc2ccccc12)c1ccccc1.O=C(Nc1cccc2ccccc12)c1ccccc1.O=C(Nc1ccccc1)Nc1ccccc1. The Morgan fingerprint density at radius 2 is 0.500 bits per heavy atom. The number of benzene rings is 8. The largest absolute Gasteiger partial charge is 0.359 e. The molecule has 436 valence electrons. The fourth-order valence-electron chi connectivity index (χ4n) is 5.57. The first-order chi connectivity index (χ1) is 39.1. The van der Waals surface area contributed by atoms with Gasteiger partial charge in [0.15, 0.2) is 0 Å². The molecular weight excluding hydrogens is 993 g/mol. The van der Waals surface area contributed by atoms with Gasteiger partial charge in [-0.3, -0.25) is 19.2 Å². The first kappa shape index (κ1) is 80.3. The smallest absolute Gasteiger partial charge is 0.323 e. The summed E-state index contributed by atoms with van der Waals surface area (Å²) in [6, 6.07) is 64.7. The first-order valence-corrected chi connectivity index (χ1v) is 28.3. The standard InChI is InChI=1S/2C17H13NO.C13H12N2O.2C3H7NO.8C2H6/c2*19-17(14-8-2-1-3-9-14)18-16-12-6-10-13-7-4-5-11-15(13)16;16-13(14-11-7-3-1-4-8-11)15-12-9-5-2-6-10-12;2*1-3(5)4-2;8*1-2/h2*1-12H,(H,18,19);1-10H,(H2,14,15,16);2*1-2H3,(H,4,5);8*1-2H3. The number of hydrogen-bond acceptors (Lipinski definition) is 5. The number of carbonyl (C=O) groups excluding carboxylic acids is 5. The van der Waals surface area contributed by atoms with E-state index in [9.17, 15) is 24.0 Å². The molecule has 11 heteroatoms. The molecule has 0 bridgehead atoms. The van der Waals surface area contributed by atoms with Gasteiger partial charge < -0.3 is 31.9 Å². The normalized spacial score (nSPS) is 8.25. The lowest BCUT2D eigenvalue weighted by Gasteiger charge is -2.08. The van der Waals surface area contributed by atoms with Crippen molar-refractivity contribution in [3.8, 4) is 0 Å². The lowest BCUT2D eigenvalue weighted by Crippen LogP contribution is -2.19. The molecule has 0 aromatic heterocycles. The zero-order chi connectivity index (χ0) is 61.9. The van der Waals surface area contributed by atoms with Crippen LogP contribution in [-0.2, 0) is 9.59 Å². The predicted molar refractivity (Wildman–Crippen MR) is 352 cm³/mol. The van der Waals surface area contributed by atoms with Crippen LogP contribution in [0.25, 0.3) is 21.5 Å². The van der Waals surface area contributed by atoms with Gasteiger partial charge in [-0.1, -0.05) is 256 Å². The van der Waals surface area contributed by atoms with Gasteiger partial charge in [-0.25, -0.2) is 4.79 Å². The van der Waals surface area contributed by atoms with E-state index in [1.54, 1.807) is 38.4 Å². The van der Waals surface area contributed by atoms with E-state index in [-0.39, 0.29) is 29.7 Å². The van der Waals surface area contributed by atoms with Crippen LogP contribution < -0.4 is 31.9 Å². The molecule has 0 aliphatic heterocycles. The summed E-state index contributed by atoms with van der Waals surface area (Å²) in [6.07, 6.45) is 0. The van der Waals surface area contributed by atoms with Crippen LogP contribution in [0.3, 0.4) is 0 Å². The average Bonchev–Trinajstić information content (AvgIpc) is 3.54. The van der Waals surface area contributed by atoms with E-state index in [0.29, 0.717) is 11.1 Å². The second-order valence-electron chi connectivity index (χ2n) is 13.6. The highest BCUT2D eigenvalue weighted by Crippen LogP contribution is 2.25. The van der Waals surface area contributed by atoms with E-state index >= 15 is 0 Å². The van der Waals surface area contributed by atoms with Crippen LogP contribution in [0.2, 0.25) is 0 Å². The molecule has 8 aromatic carbocycles. The van der Waals surface area contributed by atoms with Crippen molar-refractivity contribution in [2.75, 3.05) is 35.4 Å². The fraction of sp³-hybridized carbons (Fsp3) is 0.290. The Balaban J connectivity index is -0.000000291. The molecule has 0 fully saturated rings. The molecule has 6 N–H and O–H groups in total. The minimum Gasteiger partial charge on any atom is -0.359 e. The zero-order valence-electron chi connectivity index (χ0n) is 52.2. The molecule has 8 aromatic rings. The van der Waals surface area contributed by atoms with Crippen molar-refractivity contribution >= 4 is 74.0 Å². The second-order valence-corrected chi connectivity index (χ2v) is 13.6. The van der Waals surface area contributed by atoms with Crippen molar-refractivity contribution in [2.24, 2.45) is 0 Å². The van der Waals surface area contributed by atoms with Gasteiger partial charge in [0.2, 0.25) is 11.8 Å². The number of carbonyl (C=O) groups is 5. The van der Waals surface area contributed by atoms with Crippen molar-refractivity contribution in [1.82, 2.24) is 10.6 Å². The molecule has 0 aliphatic carbocycles. The highest BCUT2D eigenvalue weighted by molar-refractivity contribution is 6.10. The van der Waals surface area contributed by atoms with Crippen molar-refractivity contribution in [3.05, 3.63) is 217 Å². The molecule has 0 atom stereocenters. The van der Waals surface area contributed by atoms with Gasteiger partial charge in [0.25, 0.3) is 11.8 Å². The Kier molecular flexibility index (Phi) is 58.3. The number of amides is 6. The van der Waals surface area contributed by atoms with Crippen LogP contribution >= 0.6 is 0 Å². The molecule has 80 heavy (non-hydrogen) atoms. The fourth-order valence-corrected chi connectivity index (χ4v) is 5.57. The van der Waals surface area contributed by atoms with Crippen LogP contribution in [0.5, 0.6) is 0 Å². The van der Waals surface area contributed by atoms with Gasteiger partial charge in [-0.15, -0.1) is 0 Å². The molecular formula is C69H100N6O5. The topological polar surface area (TPSA) is 158 Å². The van der Waals surface area contributed by atoms with Gasteiger partial charge in [0.05, 0.1) is 0 Å². The lowest BCUT2D eigenvalue weighted by atomic mass is 10.1. The van der Waals surface area contributed by atoms with Crippen LogP contribution in [0.15, 0.2) is 206 Å². The van der Waals surface area contributed by atoms with E-state index in [1.807, 2.05) is 293 Å². The third-order valence-corrected chi connectivity index (χ3v) is 8.92. The molecule has 0 heterocycles. The molecule has 0 saturated carbocycles. The summed E-state index contributed by atoms with van der Waals surface area (Å²) in [5, 5.41) is 20.5. The van der Waals surface area contributed by atoms with Crippen molar-refractivity contribution in [1.29, 1.82) is 0 Å². The number of fused-ring (bicyclic) bond motifs is 2. The van der Waals surface area contributed by atoms with Crippen LogP contribution in [0, 0.1) is 0 Å². The number of nitrogens with one attached hydrogen (secondary N) is 6. The summed E-state index contributed by atoms with van der Waals surface area (Å²) >= 11 is 0. The van der Waals surface area contributed by atoms with Gasteiger partial charge in [-0.05, 0) is 71.4 Å². The average molecular weight is 1090 g/mol. The van der Waals surface area contributed by atoms with Crippen molar-refractivity contribution in [2.45, 2.75) is 125 Å². The van der Waals surface area contributed by atoms with Crippen LogP contribution in [0.1, 0.15) is 145 Å². The zero-order valence-corrected chi connectivity index (χ0v) is 52.2. The maximum Gasteiger partial charge on any atom is 0.323 e. The Morgan fingerprint density at radius 1 is 0.275 bits per heavy atom. The Bertz CT molecular complexity index is 2510. The summed E-state index contributed by atoms with van der Waals surface area (Å²) in [4.78, 5) is 55.3. The second kappa shape index (κ2) is 58.1. The van der Waals surface area contributed by atoms with Crippen molar-refractivity contribution in [3.63, 3.8) is 0 Å².